The van der Waals surface area contributed by atoms with Gasteiger partial charge in [0.15, 0.2) is 0 Å². The Labute approximate surface area is 153 Å². The van der Waals surface area contributed by atoms with Gasteiger partial charge in [-0.3, -0.25) is 14.5 Å². The molecule has 1 aromatic carbocycles. The molecule has 7 heteroatoms. The summed E-state index contributed by atoms with van der Waals surface area (Å²) in [7, 11) is 3.66. The summed E-state index contributed by atoms with van der Waals surface area (Å²) in [4.78, 5) is 40.8. The first-order valence-electron chi connectivity index (χ1n) is 8.97. The van der Waals surface area contributed by atoms with Crippen molar-refractivity contribution in [1.29, 1.82) is 0 Å². The highest BCUT2D eigenvalue weighted by molar-refractivity contribution is 6.04. The number of amides is 4. The van der Waals surface area contributed by atoms with Gasteiger partial charge in [0.1, 0.15) is 13.1 Å². The zero-order valence-corrected chi connectivity index (χ0v) is 15.4. The van der Waals surface area contributed by atoms with Gasteiger partial charge in [0.25, 0.3) is 5.91 Å². The summed E-state index contributed by atoms with van der Waals surface area (Å²) in [5.74, 6) is -0.624. The second kappa shape index (κ2) is 7.45. The van der Waals surface area contributed by atoms with E-state index in [0.717, 1.165) is 30.8 Å². The van der Waals surface area contributed by atoms with Gasteiger partial charge >= 0.3 is 6.03 Å². The van der Waals surface area contributed by atoms with Crippen LogP contribution in [0, 0.1) is 0 Å². The number of nitrogens with one attached hydrogen (secondary N) is 1. The van der Waals surface area contributed by atoms with E-state index in [-0.39, 0.29) is 30.3 Å². The lowest BCUT2D eigenvalue weighted by Gasteiger charge is -2.41. The summed E-state index contributed by atoms with van der Waals surface area (Å²) >= 11 is 0. The minimum absolute atomic E-state index is 0.0341. The first-order chi connectivity index (χ1) is 12.4. The van der Waals surface area contributed by atoms with Gasteiger partial charge in [-0.1, -0.05) is 30.3 Å². The Kier molecular flexibility index (Phi) is 5.27. The lowest BCUT2D eigenvalue weighted by atomic mass is 9.72. The van der Waals surface area contributed by atoms with Crippen LogP contribution in [0.4, 0.5) is 4.79 Å². The quantitative estimate of drug-likeness (QED) is 0.785. The first-order valence-corrected chi connectivity index (χ1v) is 8.97. The highest BCUT2D eigenvalue weighted by Gasteiger charge is 2.37. The summed E-state index contributed by atoms with van der Waals surface area (Å²) in [6.07, 6.45) is 1.91. The Hall–Kier alpha value is -2.41. The first kappa shape index (κ1) is 18.4. The van der Waals surface area contributed by atoms with Crippen molar-refractivity contribution in [1.82, 2.24) is 20.0 Å². The minimum Gasteiger partial charge on any atom is -0.354 e. The van der Waals surface area contributed by atoms with Gasteiger partial charge in [-0.15, -0.1) is 0 Å². The largest absolute Gasteiger partial charge is 0.354 e. The topological polar surface area (TPSA) is 73.0 Å². The molecule has 7 nitrogen and oxygen atoms in total. The number of hydrogen-bond acceptors (Lipinski definition) is 4. The van der Waals surface area contributed by atoms with Gasteiger partial charge in [0.05, 0.1) is 0 Å². The second-order valence-electron chi connectivity index (χ2n) is 7.34. The van der Waals surface area contributed by atoms with Gasteiger partial charge in [-0.05, 0) is 38.5 Å². The van der Waals surface area contributed by atoms with E-state index >= 15 is 0 Å². The number of imide groups is 1. The number of hydrogen-bond donors (Lipinski definition) is 1. The van der Waals surface area contributed by atoms with Crippen molar-refractivity contribution in [3.05, 3.63) is 35.9 Å². The number of benzene rings is 1. The van der Waals surface area contributed by atoms with Crippen LogP contribution in [-0.2, 0) is 15.0 Å². The van der Waals surface area contributed by atoms with Crippen molar-refractivity contribution in [2.75, 3.05) is 46.8 Å². The number of urea groups is 1. The summed E-state index contributed by atoms with van der Waals surface area (Å²) < 4.78 is 0. The van der Waals surface area contributed by atoms with Crippen molar-refractivity contribution in [2.45, 2.75) is 18.3 Å². The van der Waals surface area contributed by atoms with Gasteiger partial charge in [0.2, 0.25) is 5.91 Å². The number of likely N-dealkylation sites (N-methyl/N-ethyl adjacent to an activating group) is 1. The van der Waals surface area contributed by atoms with Crippen LogP contribution in [0.15, 0.2) is 30.3 Å². The van der Waals surface area contributed by atoms with Crippen LogP contribution in [0.3, 0.4) is 0 Å². The van der Waals surface area contributed by atoms with E-state index in [2.05, 4.69) is 29.4 Å². The molecule has 2 saturated heterocycles. The number of piperidine rings is 1. The van der Waals surface area contributed by atoms with E-state index in [0.29, 0.717) is 6.54 Å². The van der Waals surface area contributed by atoms with Gasteiger partial charge in [-0.25, -0.2) is 4.79 Å². The van der Waals surface area contributed by atoms with Crippen molar-refractivity contribution < 1.29 is 14.4 Å². The maximum absolute atomic E-state index is 12.4. The van der Waals surface area contributed by atoms with E-state index in [4.69, 9.17) is 0 Å². The predicted molar refractivity (Wildman–Crippen MR) is 97.6 cm³/mol. The van der Waals surface area contributed by atoms with Crippen LogP contribution in [0.2, 0.25) is 0 Å². The molecule has 2 aliphatic rings. The molecule has 0 radical (unpaired) electrons. The second-order valence-corrected chi connectivity index (χ2v) is 7.34. The van der Waals surface area contributed by atoms with Crippen molar-refractivity contribution in [3.63, 3.8) is 0 Å². The molecule has 2 aliphatic heterocycles. The van der Waals surface area contributed by atoms with Crippen LogP contribution < -0.4 is 5.32 Å². The molecule has 2 heterocycles. The summed E-state index contributed by atoms with van der Waals surface area (Å²) in [5.41, 5.74) is 1.11. The third kappa shape index (κ3) is 3.72. The third-order valence-electron chi connectivity index (χ3n) is 5.49. The minimum atomic E-state index is -0.415. The molecule has 1 aromatic rings. The van der Waals surface area contributed by atoms with Crippen LogP contribution in [0.1, 0.15) is 18.4 Å². The molecule has 0 aromatic heterocycles. The average Bonchev–Trinajstić information content (AvgIpc) is 2.88. The Morgan fingerprint density at radius 3 is 2.35 bits per heavy atom. The fraction of sp³-hybridized carbons (Fsp3) is 0.526. The highest BCUT2D eigenvalue weighted by atomic mass is 16.2. The predicted octanol–water partition coefficient (Wildman–Crippen LogP) is 0.660. The molecule has 0 aliphatic carbocycles. The third-order valence-corrected chi connectivity index (χ3v) is 5.49. The molecule has 26 heavy (non-hydrogen) atoms. The van der Waals surface area contributed by atoms with Gasteiger partial charge in [-0.2, -0.15) is 0 Å². The zero-order chi connectivity index (χ0) is 18.7. The van der Waals surface area contributed by atoms with Crippen LogP contribution in [0.5, 0.6) is 0 Å². The van der Waals surface area contributed by atoms with Crippen molar-refractivity contribution in [2.24, 2.45) is 0 Å². The van der Waals surface area contributed by atoms with E-state index in [1.54, 1.807) is 7.05 Å². The summed E-state index contributed by atoms with van der Waals surface area (Å²) in [6, 6.07) is 9.84. The lowest BCUT2D eigenvalue weighted by molar-refractivity contribution is -0.130. The highest BCUT2D eigenvalue weighted by Crippen LogP contribution is 2.34. The monoisotopic (exact) mass is 358 g/mol. The van der Waals surface area contributed by atoms with Crippen LogP contribution >= 0.6 is 0 Å². The molecule has 0 atom stereocenters. The van der Waals surface area contributed by atoms with Gasteiger partial charge in [0, 0.05) is 19.0 Å². The normalized spacial score (nSPS) is 20.5. The summed E-state index contributed by atoms with van der Waals surface area (Å²) in [6.45, 7) is 2.27. The molecule has 0 spiro atoms. The molecule has 140 valence electrons. The number of rotatable bonds is 5. The fourth-order valence-electron chi connectivity index (χ4n) is 3.70. The smallest absolute Gasteiger partial charge is 0.327 e. The molecule has 0 unspecified atom stereocenters. The Bertz CT molecular complexity index is 683. The van der Waals surface area contributed by atoms with E-state index < -0.39 is 6.03 Å². The SMILES string of the molecule is CN1CCC(CNC(=O)CN2C(=O)CN(C)C2=O)(c2ccccc2)CC1. The molecule has 4 amide bonds. The molecule has 2 fully saturated rings. The van der Waals surface area contributed by atoms with Gasteiger partial charge < -0.3 is 15.1 Å². The number of nitrogens with zero attached hydrogens (tertiary/aromatic N) is 3. The number of likely N-dealkylation sites (tertiary alicyclic amines) is 1. The Morgan fingerprint density at radius 1 is 1.12 bits per heavy atom. The zero-order valence-electron chi connectivity index (χ0n) is 15.4. The lowest BCUT2D eigenvalue weighted by Crippen LogP contribution is -2.50. The molecular formula is C19H26N4O3. The van der Waals surface area contributed by atoms with Crippen molar-refractivity contribution >= 4 is 17.8 Å². The van der Waals surface area contributed by atoms with E-state index in [9.17, 15) is 14.4 Å². The number of carbonyl (C=O) groups is 3. The maximum Gasteiger partial charge on any atom is 0.327 e. The average molecular weight is 358 g/mol. The van der Waals surface area contributed by atoms with E-state index in [1.165, 1.54) is 10.5 Å². The standard InChI is InChI=1S/C19H26N4O3/c1-21-10-8-19(9-11-21,15-6-4-3-5-7-15)14-20-16(24)12-23-17(25)13-22(2)18(23)26/h3-7H,8-14H2,1-2H3,(H,20,24). The Balaban J connectivity index is 1.66. The maximum atomic E-state index is 12.4. The molecule has 0 saturated carbocycles. The summed E-state index contributed by atoms with van der Waals surface area (Å²) in [5, 5.41) is 2.97. The fourth-order valence-corrected chi connectivity index (χ4v) is 3.70. The van der Waals surface area contributed by atoms with Crippen LogP contribution in [-0.4, -0.2) is 79.4 Å². The molecule has 3 rings (SSSR count). The Morgan fingerprint density at radius 2 is 1.77 bits per heavy atom. The van der Waals surface area contributed by atoms with Crippen LogP contribution in [0.25, 0.3) is 0 Å². The molecule has 1 N–H and O–H groups in total. The van der Waals surface area contributed by atoms with E-state index in [1.807, 2.05) is 18.2 Å². The molecular weight excluding hydrogens is 332 g/mol. The van der Waals surface area contributed by atoms with Crippen molar-refractivity contribution in [3.8, 4) is 0 Å². The number of carbonyl (C=O) groups excluding carboxylic acids is 3. The molecule has 0 bridgehead atoms.